The predicted octanol–water partition coefficient (Wildman–Crippen LogP) is 3.07. The average molecular weight is 257 g/mol. The number of likely N-dealkylation sites (N-methyl/N-ethyl adjacent to an activating group) is 1. The molecule has 0 radical (unpaired) electrons. The molecule has 0 spiro atoms. The molecule has 0 aliphatic rings. The van der Waals surface area contributed by atoms with Crippen molar-refractivity contribution in [3.63, 3.8) is 0 Å². The standard InChI is InChI=1S/C16H23N3/c1-10-8-11(2)13(4)16(12(10)3)14-9-18-19-15(14)6-7-17-5/h8-9,17H,6-7H2,1-5H3,(H,18,19). The van der Waals surface area contributed by atoms with E-state index in [9.17, 15) is 0 Å². The van der Waals surface area contributed by atoms with E-state index in [4.69, 9.17) is 0 Å². The molecule has 0 amide bonds. The van der Waals surface area contributed by atoms with Gasteiger partial charge in [0.05, 0.1) is 6.20 Å². The number of rotatable bonds is 4. The summed E-state index contributed by atoms with van der Waals surface area (Å²) in [5.74, 6) is 0. The molecule has 19 heavy (non-hydrogen) atoms. The lowest BCUT2D eigenvalue weighted by atomic mass is 9.89. The minimum Gasteiger partial charge on any atom is -0.319 e. The molecule has 0 saturated carbocycles. The summed E-state index contributed by atoms with van der Waals surface area (Å²) in [6.07, 6.45) is 2.93. The van der Waals surface area contributed by atoms with E-state index in [2.05, 4.69) is 49.3 Å². The van der Waals surface area contributed by atoms with E-state index in [0.717, 1.165) is 13.0 Å². The van der Waals surface area contributed by atoms with Crippen LogP contribution in [0.15, 0.2) is 12.3 Å². The maximum atomic E-state index is 4.24. The molecular formula is C16H23N3. The van der Waals surface area contributed by atoms with Crippen molar-refractivity contribution in [3.8, 4) is 11.1 Å². The summed E-state index contributed by atoms with van der Waals surface area (Å²) < 4.78 is 0. The fourth-order valence-electron chi connectivity index (χ4n) is 2.59. The van der Waals surface area contributed by atoms with Gasteiger partial charge < -0.3 is 5.32 Å². The maximum absolute atomic E-state index is 4.24. The lowest BCUT2D eigenvalue weighted by Crippen LogP contribution is -2.11. The SMILES string of the molecule is CNCCc1[nH]ncc1-c1c(C)c(C)cc(C)c1C. The third-order valence-electron chi connectivity index (χ3n) is 3.98. The van der Waals surface area contributed by atoms with Gasteiger partial charge in [0.25, 0.3) is 0 Å². The highest BCUT2D eigenvalue weighted by Crippen LogP contribution is 2.32. The summed E-state index contributed by atoms with van der Waals surface area (Å²) in [6, 6.07) is 2.27. The molecule has 1 aromatic heterocycles. The van der Waals surface area contributed by atoms with Crippen molar-refractivity contribution in [2.75, 3.05) is 13.6 Å². The molecule has 1 aromatic carbocycles. The van der Waals surface area contributed by atoms with Crippen molar-refractivity contribution in [3.05, 3.63) is 40.2 Å². The molecule has 2 rings (SSSR count). The Morgan fingerprint density at radius 3 is 2.32 bits per heavy atom. The second-order valence-corrected chi connectivity index (χ2v) is 5.25. The van der Waals surface area contributed by atoms with E-state index >= 15 is 0 Å². The Kier molecular flexibility index (Phi) is 4.05. The number of nitrogens with one attached hydrogen (secondary N) is 2. The zero-order valence-electron chi connectivity index (χ0n) is 12.5. The van der Waals surface area contributed by atoms with Crippen LogP contribution in [0.5, 0.6) is 0 Å². The highest BCUT2D eigenvalue weighted by Gasteiger charge is 2.15. The minimum absolute atomic E-state index is 0.956. The lowest BCUT2D eigenvalue weighted by Gasteiger charge is -2.15. The molecule has 0 aliphatic heterocycles. The summed E-state index contributed by atoms with van der Waals surface area (Å²) in [5.41, 5.74) is 9.21. The van der Waals surface area contributed by atoms with Crippen LogP contribution in [-0.2, 0) is 6.42 Å². The maximum Gasteiger partial charge on any atom is 0.0568 e. The monoisotopic (exact) mass is 257 g/mol. The Hall–Kier alpha value is -1.61. The van der Waals surface area contributed by atoms with E-state index in [1.54, 1.807) is 0 Å². The topological polar surface area (TPSA) is 40.7 Å². The first-order valence-electron chi connectivity index (χ1n) is 6.80. The van der Waals surface area contributed by atoms with Crippen LogP contribution in [0.1, 0.15) is 27.9 Å². The Labute approximate surface area is 115 Å². The van der Waals surface area contributed by atoms with E-state index in [-0.39, 0.29) is 0 Å². The third-order valence-corrected chi connectivity index (χ3v) is 3.98. The van der Waals surface area contributed by atoms with Crippen molar-refractivity contribution < 1.29 is 0 Å². The highest BCUT2D eigenvalue weighted by molar-refractivity contribution is 5.74. The number of hydrogen-bond acceptors (Lipinski definition) is 2. The number of aryl methyl sites for hydroxylation is 2. The molecule has 0 bridgehead atoms. The van der Waals surface area contributed by atoms with E-state index in [1.165, 1.54) is 39.1 Å². The number of aromatic amines is 1. The molecule has 0 fully saturated rings. The highest BCUT2D eigenvalue weighted by atomic mass is 15.1. The van der Waals surface area contributed by atoms with Gasteiger partial charge in [0.1, 0.15) is 0 Å². The molecule has 1 heterocycles. The quantitative estimate of drug-likeness (QED) is 0.883. The summed E-state index contributed by atoms with van der Waals surface area (Å²) >= 11 is 0. The van der Waals surface area contributed by atoms with Crippen molar-refractivity contribution in [2.24, 2.45) is 0 Å². The molecule has 0 atom stereocenters. The second kappa shape index (κ2) is 5.57. The number of nitrogens with zero attached hydrogens (tertiary/aromatic N) is 1. The van der Waals surface area contributed by atoms with Gasteiger partial charge in [-0.25, -0.2) is 0 Å². The fraction of sp³-hybridized carbons (Fsp3) is 0.438. The molecule has 3 nitrogen and oxygen atoms in total. The van der Waals surface area contributed by atoms with Gasteiger partial charge in [-0.3, -0.25) is 5.10 Å². The van der Waals surface area contributed by atoms with Crippen LogP contribution < -0.4 is 5.32 Å². The Balaban J connectivity index is 2.56. The molecular weight excluding hydrogens is 234 g/mol. The number of aromatic nitrogens is 2. The van der Waals surface area contributed by atoms with Crippen molar-refractivity contribution >= 4 is 0 Å². The summed E-state index contributed by atoms with van der Waals surface area (Å²) in [4.78, 5) is 0. The van der Waals surface area contributed by atoms with Crippen molar-refractivity contribution in [1.29, 1.82) is 0 Å². The van der Waals surface area contributed by atoms with E-state index in [0.29, 0.717) is 0 Å². The summed E-state index contributed by atoms with van der Waals surface area (Å²) in [7, 11) is 1.98. The third kappa shape index (κ3) is 2.56. The van der Waals surface area contributed by atoms with Crippen molar-refractivity contribution in [2.45, 2.75) is 34.1 Å². The van der Waals surface area contributed by atoms with Crippen molar-refractivity contribution in [1.82, 2.24) is 15.5 Å². The molecule has 2 N–H and O–H groups in total. The smallest absolute Gasteiger partial charge is 0.0568 e. The Morgan fingerprint density at radius 1 is 1.11 bits per heavy atom. The predicted molar refractivity (Wildman–Crippen MR) is 80.6 cm³/mol. The summed E-state index contributed by atoms with van der Waals surface area (Å²) in [5, 5.41) is 10.6. The van der Waals surface area contributed by atoms with Gasteiger partial charge in [0.15, 0.2) is 0 Å². The molecule has 0 saturated heterocycles. The summed E-state index contributed by atoms with van der Waals surface area (Å²) in [6.45, 7) is 9.72. The van der Waals surface area contributed by atoms with Gasteiger partial charge in [-0.15, -0.1) is 0 Å². The lowest BCUT2D eigenvalue weighted by molar-refractivity contribution is 0.773. The van der Waals surface area contributed by atoms with Gasteiger partial charge in [-0.1, -0.05) is 6.07 Å². The second-order valence-electron chi connectivity index (χ2n) is 5.25. The molecule has 2 aromatic rings. The van der Waals surface area contributed by atoms with Crippen LogP contribution in [0.3, 0.4) is 0 Å². The van der Waals surface area contributed by atoms with Crippen LogP contribution in [-0.4, -0.2) is 23.8 Å². The fourth-order valence-corrected chi connectivity index (χ4v) is 2.59. The van der Waals surface area contributed by atoms with Crippen LogP contribution in [0.4, 0.5) is 0 Å². The molecule has 0 unspecified atom stereocenters. The van der Waals surface area contributed by atoms with Crippen LogP contribution in [0.2, 0.25) is 0 Å². The van der Waals surface area contributed by atoms with E-state index < -0.39 is 0 Å². The largest absolute Gasteiger partial charge is 0.319 e. The first kappa shape index (κ1) is 13.8. The molecule has 0 aliphatic carbocycles. The van der Waals surface area contributed by atoms with Gasteiger partial charge in [-0.05, 0) is 62.6 Å². The zero-order chi connectivity index (χ0) is 14.0. The average Bonchev–Trinajstić information content (AvgIpc) is 2.82. The normalized spacial score (nSPS) is 11.0. The number of benzene rings is 1. The first-order chi connectivity index (χ1) is 9.06. The Morgan fingerprint density at radius 2 is 1.74 bits per heavy atom. The number of H-pyrrole nitrogens is 1. The van der Waals surface area contributed by atoms with Crippen LogP contribution in [0, 0.1) is 27.7 Å². The zero-order valence-corrected chi connectivity index (χ0v) is 12.5. The molecule has 3 heteroatoms. The minimum atomic E-state index is 0.956. The first-order valence-corrected chi connectivity index (χ1v) is 6.80. The van der Waals surface area contributed by atoms with Gasteiger partial charge in [-0.2, -0.15) is 5.10 Å². The van der Waals surface area contributed by atoms with E-state index in [1.807, 2.05) is 13.2 Å². The van der Waals surface area contributed by atoms with Gasteiger partial charge in [0.2, 0.25) is 0 Å². The number of hydrogen-bond donors (Lipinski definition) is 2. The molecule has 102 valence electrons. The Bertz CT molecular complexity index is 556. The van der Waals surface area contributed by atoms with Crippen LogP contribution >= 0.6 is 0 Å². The van der Waals surface area contributed by atoms with Crippen LogP contribution in [0.25, 0.3) is 11.1 Å². The van der Waals surface area contributed by atoms with Gasteiger partial charge >= 0.3 is 0 Å². The van der Waals surface area contributed by atoms with Gasteiger partial charge in [0, 0.05) is 24.2 Å².